The standard InChI is InChI=1S/C9H5BrClFS/c10-7-6(4-11)3-5-1-2-13-9(5)8(7)12/h1-3H,4H2. The molecule has 0 fully saturated rings. The van der Waals surface area contributed by atoms with Crippen LogP contribution in [0, 0.1) is 5.82 Å². The smallest absolute Gasteiger partial charge is 0.155 e. The van der Waals surface area contributed by atoms with Gasteiger partial charge in [0.15, 0.2) is 5.82 Å². The van der Waals surface area contributed by atoms with Crippen molar-refractivity contribution >= 4 is 49.0 Å². The molecular weight excluding hydrogens is 275 g/mol. The van der Waals surface area contributed by atoms with E-state index in [1.54, 1.807) is 0 Å². The predicted molar refractivity (Wildman–Crippen MR) is 59.0 cm³/mol. The highest BCUT2D eigenvalue weighted by Gasteiger charge is 2.11. The molecule has 0 unspecified atom stereocenters. The maximum atomic E-state index is 13.6. The number of hydrogen-bond donors (Lipinski definition) is 0. The molecule has 0 aliphatic heterocycles. The number of benzene rings is 1. The fourth-order valence-electron chi connectivity index (χ4n) is 1.20. The number of rotatable bonds is 1. The number of alkyl halides is 1. The molecule has 0 amide bonds. The molecule has 0 spiro atoms. The summed E-state index contributed by atoms with van der Waals surface area (Å²) >= 11 is 10.3. The molecule has 0 radical (unpaired) electrons. The van der Waals surface area contributed by atoms with Crippen LogP contribution in [-0.2, 0) is 5.88 Å². The molecule has 2 rings (SSSR count). The lowest BCUT2D eigenvalue weighted by atomic mass is 10.2. The number of fused-ring (bicyclic) bond motifs is 1. The second kappa shape index (κ2) is 3.56. The Morgan fingerprint density at radius 2 is 2.31 bits per heavy atom. The van der Waals surface area contributed by atoms with Gasteiger partial charge in [-0.1, -0.05) is 0 Å². The van der Waals surface area contributed by atoms with Crippen molar-refractivity contribution < 1.29 is 4.39 Å². The Balaban J connectivity index is 2.83. The van der Waals surface area contributed by atoms with Gasteiger partial charge >= 0.3 is 0 Å². The summed E-state index contributed by atoms with van der Waals surface area (Å²) in [6.07, 6.45) is 0. The van der Waals surface area contributed by atoms with Crippen LogP contribution in [0.15, 0.2) is 22.0 Å². The Morgan fingerprint density at radius 3 is 3.00 bits per heavy atom. The third-order valence-corrected chi connectivity index (χ3v) is 3.91. The van der Waals surface area contributed by atoms with Crippen LogP contribution in [0.2, 0.25) is 0 Å². The van der Waals surface area contributed by atoms with E-state index in [9.17, 15) is 4.39 Å². The van der Waals surface area contributed by atoms with E-state index in [0.717, 1.165) is 10.9 Å². The Labute approximate surface area is 92.5 Å². The van der Waals surface area contributed by atoms with Gasteiger partial charge < -0.3 is 0 Å². The molecule has 0 saturated carbocycles. The Morgan fingerprint density at radius 1 is 1.54 bits per heavy atom. The van der Waals surface area contributed by atoms with Crippen molar-refractivity contribution in [1.82, 2.24) is 0 Å². The maximum absolute atomic E-state index is 13.6. The summed E-state index contributed by atoms with van der Waals surface area (Å²) in [5.74, 6) is 0.117. The number of halogens is 3. The Kier molecular flexibility index (Phi) is 2.58. The number of hydrogen-bond acceptors (Lipinski definition) is 1. The monoisotopic (exact) mass is 278 g/mol. The van der Waals surface area contributed by atoms with Crippen molar-refractivity contribution in [2.75, 3.05) is 0 Å². The topological polar surface area (TPSA) is 0 Å². The molecule has 0 aliphatic rings. The van der Waals surface area contributed by atoms with E-state index in [0.29, 0.717) is 15.1 Å². The summed E-state index contributed by atoms with van der Waals surface area (Å²) in [4.78, 5) is 0. The van der Waals surface area contributed by atoms with Crippen LogP contribution in [0.1, 0.15) is 5.56 Å². The van der Waals surface area contributed by atoms with Gasteiger partial charge in [0.1, 0.15) is 0 Å². The second-order valence-electron chi connectivity index (χ2n) is 2.64. The van der Waals surface area contributed by atoms with E-state index < -0.39 is 0 Å². The molecule has 13 heavy (non-hydrogen) atoms. The highest BCUT2D eigenvalue weighted by atomic mass is 79.9. The Bertz CT molecular complexity index is 452. The van der Waals surface area contributed by atoms with Gasteiger partial charge in [-0.3, -0.25) is 0 Å². The zero-order valence-corrected chi connectivity index (χ0v) is 9.64. The summed E-state index contributed by atoms with van der Waals surface area (Å²) in [6, 6.07) is 3.80. The molecule has 1 aromatic heterocycles. The van der Waals surface area contributed by atoms with Crippen molar-refractivity contribution in [3.8, 4) is 0 Å². The first-order valence-electron chi connectivity index (χ1n) is 3.64. The average Bonchev–Trinajstić information content (AvgIpc) is 2.59. The van der Waals surface area contributed by atoms with Gasteiger partial charge in [0.25, 0.3) is 0 Å². The van der Waals surface area contributed by atoms with Gasteiger partial charge in [0.2, 0.25) is 0 Å². The second-order valence-corrected chi connectivity index (χ2v) is 4.61. The zero-order chi connectivity index (χ0) is 9.42. The van der Waals surface area contributed by atoms with E-state index in [4.69, 9.17) is 11.6 Å². The lowest BCUT2D eigenvalue weighted by Gasteiger charge is -2.02. The number of thiophene rings is 1. The maximum Gasteiger partial charge on any atom is 0.155 e. The van der Waals surface area contributed by atoms with Gasteiger partial charge in [-0.2, -0.15) is 0 Å². The van der Waals surface area contributed by atoms with Crippen molar-refractivity contribution in [2.24, 2.45) is 0 Å². The summed E-state index contributed by atoms with van der Waals surface area (Å²) in [6.45, 7) is 0. The molecule has 1 heterocycles. The SMILES string of the molecule is Fc1c(Br)c(CCl)cc2ccsc12. The largest absolute Gasteiger partial charge is 0.204 e. The first-order chi connectivity index (χ1) is 6.24. The van der Waals surface area contributed by atoms with Crippen LogP contribution in [0.25, 0.3) is 10.1 Å². The molecule has 0 bridgehead atoms. The van der Waals surface area contributed by atoms with Gasteiger partial charge in [0, 0.05) is 5.88 Å². The van der Waals surface area contributed by atoms with Crippen LogP contribution in [-0.4, -0.2) is 0 Å². The van der Waals surface area contributed by atoms with E-state index >= 15 is 0 Å². The van der Waals surface area contributed by atoms with Gasteiger partial charge in [-0.05, 0) is 44.4 Å². The molecule has 2 aromatic rings. The predicted octanol–water partition coefficient (Wildman–Crippen LogP) is 4.54. The lowest BCUT2D eigenvalue weighted by molar-refractivity contribution is 0.633. The van der Waals surface area contributed by atoms with Crippen LogP contribution in [0.3, 0.4) is 0 Å². The molecule has 4 heteroatoms. The molecule has 0 aliphatic carbocycles. The first kappa shape index (κ1) is 9.44. The average molecular weight is 280 g/mol. The third-order valence-electron chi connectivity index (χ3n) is 1.84. The lowest BCUT2D eigenvalue weighted by Crippen LogP contribution is -1.85. The molecule has 68 valence electrons. The Hall–Kier alpha value is -0.120. The first-order valence-corrected chi connectivity index (χ1v) is 5.85. The van der Waals surface area contributed by atoms with Crippen LogP contribution in [0.5, 0.6) is 0 Å². The fraction of sp³-hybridized carbons (Fsp3) is 0.111. The van der Waals surface area contributed by atoms with E-state index in [1.165, 1.54) is 11.3 Å². The van der Waals surface area contributed by atoms with E-state index in [1.807, 2.05) is 17.5 Å². The summed E-state index contributed by atoms with van der Waals surface area (Å²) in [7, 11) is 0. The van der Waals surface area contributed by atoms with Crippen LogP contribution >= 0.6 is 38.9 Å². The van der Waals surface area contributed by atoms with Gasteiger partial charge in [0.05, 0.1) is 9.17 Å². The molecule has 1 aromatic carbocycles. The highest BCUT2D eigenvalue weighted by Crippen LogP contribution is 2.32. The molecular formula is C9H5BrClFS. The van der Waals surface area contributed by atoms with Crippen molar-refractivity contribution in [1.29, 1.82) is 0 Å². The van der Waals surface area contributed by atoms with Gasteiger partial charge in [-0.25, -0.2) is 4.39 Å². The third kappa shape index (κ3) is 1.49. The summed E-state index contributed by atoms with van der Waals surface area (Å²) < 4.78 is 14.7. The fourth-order valence-corrected chi connectivity index (χ4v) is 2.98. The quantitative estimate of drug-likeness (QED) is 0.672. The van der Waals surface area contributed by atoms with Crippen LogP contribution in [0.4, 0.5) is 4.39 Å². The highest BCUT2D eigenvalue weighted by molar-refractivity contribution is 9.10. The van der Waals surface area contributed by atoms with Crippen molar-refractivity contribution in [3.05, 3.63) is 33.4 Å². The molecule has 0 nitrogen and oxygen atoms in total. The minimum Gasteiger partial charge on any atom is -0.204 e. The van der Waals surface area contributed by atoms with E-state index in [-0.39, 0.29) is 5.82 Å². The molecule has 0 saturated heterocycles. The van der Waals surface area contributed by atoms with Gasteiger partial charge in [-0.15, -0.1) is 22.9 Å². The van der Waals surface area contributed by atoms with E-state index in [2.05, 4.69) is 15.9 Å². The summed E-state index contributed by atoms with van der Waals surface area (Å²) in [5, 5.41) is 2.79. The van der Waals surface area contributed by atoms with Crippen molar-refractivity contribution in [3.63, 3.8) is 0 Å². The minimum atomic E-state index is -0.205. The minimum absolute atomic E-state index is 0.205. The van der Waals surface area contributed by atoms with Crippen molar-refractivity contribution in [2.45, 2.75) is 5.88 Å². The zero-order valence-electron chi connectivity index (χ0n) is 6.48. The van der Waals surface area contributed by atoms with Crippen LogP contribution < -0.4 is 0 Å². The summed E-state index contributed by atoms with van der Waals surface area (Å²) in [5.41, 5.74) is 0.796. The molecule has 0 atom stereocenters. The normalized spacial score (nSPS) is 11.0. The molecule has 0 N–H and O–H groups in total.